The minimum Gasteiger partial charge on any atom is -0.493 e. The van der Waals surface area contributed by atoms with E-state index in [4.69, 9.17) is 16.3 Å². The van der Waals surface area contributed by atoms with Crippen LogP contribution in [0.1, 0.15) is 23.4 Å². The number of ether oxygens (including phenoxy) is 1. The molecular weight excluding hydrogens is 348 g/mol. The molecule has 106 valence electrons. The first-order valence-corrected chi connectivity index (χ1v) is 6.98. The first-order chi connectivity index (χ1) is 9.55. The number of anilines is 1. The molecule has 1 amide bonds. The number of H-pyrrole nitrogens is 1. The lowest BCUT2D eigenvalue weighted by molar-refractivity contribution is 0.101. The molecule has 2 aromatic rings. The summed E-state index contributed by atoms with van der Waals surface area (Å²) in [4.78, 5) is 16.1. The van der Waals surface area contributed by atoms with Crippen LogP contribution < -0.4 is 10.1 Å². The summed E-state index contributed by atoms with van der Waals surface area (Å²) in [5, 5.41) is 9.68. The summed E-state index contributed by atoms with van der Waals surface area (Å²) in [6.07, 6.45) is 0.673. The molecule has 1 heterocycles. The lowest BCUT2D eigenvalue weighted by Gasteiger charge is -2.11. The van der Waals surface area contributed by atoms with E-state index < -0.39 is 5.91 Å². The highest BCUT2D eigenvalue weighted by molar-refractivity contribution is 9.10. The van der Waals surface area contributed by atoms with Crippen molar-refractivity contribution in [3.05, 3.63) is 33.3 Å². The third-order valence-electron chi connectivity index (χ3n) is 2.53. The van der Waals surface area contributed by atoms with Gasteiger partial charge in [-0.3, -0.25) is 9.89 Å². The van der Waals surface area contributed by atoms with Gasteiger partial charge in [-0.25, -0.2) is 4.98 Å². The zero-order valence-electron chi connectivity index (χ0n) is 10.8. The van der Waals surface area contributed by atoms with Crippen molar-refractivity contribution in [2.75, 3.05) is 12.4 Å². The van der Waals surface area contributed by atoms with Crippen LogP contribution in [0, 0.1) is 0 Å². The quantitative estimate of drug-likeness (QED) is 0.879. The molecule has 0 aliphatic rings. The van der Waals surface area contributed by atoms with Crippen molar-refractivity contribution in [2.24, 2.45) is 0 Å². The summed E-state index contributed by atoms with van der Waals surface area (Å²) in [6.45, 7) is 1.92. The van der Waals surface area contributed by atoms with E-state index in [-0.39, 0.29) is 5.82 Å². The Morgan fingerprint density at radius 1 is 1.55 bits per heavy atom. The number of benzene rings is 1. The van der Waals surface area contributed by atoms with Gasteiger partial charge in [0.25, 0.3) is 5.91 Å². The van der Waals surface area contributed by atoms with E-state index in [1.165, 1.54) is 7.11 Å². The van der Waals surface area contributed by atoms with Crippen molar-refractivity contribution in [1.82, 2.24) is 15.2 Å². The molecule has 1 aromatic heterocycles. The molecule has 8 heteroatoms. The maximum atomic E-state index is 12.1. The van der Waals surface area contributed by atoms with Crippen molar-refractivity contribution in [1.29, 1.82) is 0 Å². The number of nitrogens with zero attached hydrogens (tertiary/aromatic N) is 2. The van der Waals surface area contributed by atoms with Crippen molar-refractivity contribution in [3.8, 4) is 5.75 Å². The molecule has 1 aromatic carbocycles. The number of aryl methyl sites for hydroxylation is 1. The van der Waals surface area contributed by atoms with Crippen LogP contribution in [-0.2, 0) is 6.42 Å². The molecule has 2 rings (SSSR count). The summed E-state index contributed by atoms with van der Waals surface area (Å²) in [5.41, 5.74) is 0.444. The minimum atomic E-state index is -0.437. The van der Waals surface area contributed by atoms with Crippen LogP contribution in [0.25, 0.3) is 0 Å². The maximum absolute atomic E-state index is 12.1. The Morgan fingerprint density at radius 3 is 2.90 bits per heavy atom. The van der Waals surface area contributed by atoms with Gasteiger partial charge in [0.05, 0.1) is 17.3 Å². The number of halogens is 2. The second-order valence-corrected chi connectivity index (χ2v) is 5.17. The van der Waals surface area contributed by atoms with Crippen molar-refractivity contribution in [2.45, 2.75) is 13.3 Å². The Hall–Kier alpha value is -1.60. The lowest BCUT2D eigenvalue weighted by atomic mass is 10.3. The number of aromatic amines is 1. The SMILES string of the molecule is CCc1nc(C(=O)Nc2cc(Cl)cc(Br)c2OC)n[nH]1. The molecule has 0 aliphatic carbocycles. The van der Waals surface area contributed by atoms with E-state index in [0.717, 1.165) is 0 Å². The molecule has 0 radical (unpaired) electrons. The largest absolute Gasteiger partial charge is 0.493 e. The number of methoxy groups -OCH3 is 1. The molecule has 0 bridgehead atoms. The second-order valence-electron chi connectivity index (χ2n) is 3.88. The molecule has 0 unspecified atom stereocenters. The van der Waals surface area contributed by atoms with Crippen LogP contribution in [-0.4, -0.2) is 28.2 Å². The van der Waals surface area contributed by atoms with E-state index in [1.807, 2.05) is 6.92 Å². The smallest absolute Gasteiger partial charge is 0.295 e. The van der Waals surface area contributed by atoms with E-state index >= 15 is 0 Å². The van der Waals surface area contributed by atoms with Gasteiger partial charge in [-0.15, -0.1) is 5.10 Å². The number of hydrogen-bond acceptors (Lipinski definition) is 4. The van der Waals surface area contributed by atoms with Crippen LogP contribution in [0.4, 0.5) is 5.69 Å². The molecule has 0 atom stereocenters. The predicted molar refractivity (Wildman–Crippen MR) is 79.4 cm³/mol. The molecule has 0 saturated heterocycles. The van der Waals surface area contributed by atoms with Gasteiger partial charge in [0.15, 0.2) is 5.75 Å². The Balaban J connectivity index is 2.27. The fourth-order valence-electron chi connectivity index (χ4n) is 1.59. The zero-order valence-corrected chi connectivity index (χ0v) is 13.2. The van der Waals surface area contributed by atoms with Gasteiger partial charge in [-0.1, -0.05) is 18.5 Å². The highest BCUT2D eigenvalue weighted by Crippen LogP contribution is 2.36. The minimum absolute atomic E-state index is 0.0694. The number of carbonyl (C=O) groups is 1. The van der Waals surface area contributed by atoms with Gasteiger partial charge in [0.1, 0.15) is 5.82 Å². The lowest BCUT2D eigenvalue weighted by Crippen LogP contribution is -2.14. The first-order valence-electron chi connectivity index (χ1n) is 5.80. The standard InChI is InChI=1S/C12H12BrClN4O2/c1-3-9-16-11(18-17-9)12(19)15-8-5-6(14)4-7(13)10(8)20-2/h4-5H,3H2,1-2H3,(H,15,19)(H,16,17,18). The summed E-state index contributed by atoms with van der Waals surface area (Å²) in [6, 6.07) is 3.27. The second kappa shape index (κ2) is 6.23. The van der Waals surface area contributed by atoms with E-state index in [9.17, 15) is 4.79 Å². The molecule has 20 heavy (non-hydrogen) atoms. The van der Waals surface area contributed by atoms with Gasteiger partial charge in [0.2, 0.25) is 5.82 Å². The Labute approximate surface area is 129 Å². The van der Waals surface area contributed by atoms with Crippen LogP contribution in [0.15, 0.2) is 16.6 Å². The summed E-state index contributed by atoms with van der Waals surface area (Å²) in [7, 11) is 1.51. The Morgan fingerprint density at radius 2 is 2.30 bits per heavy atom. The topological polar surface area (TPSA) is 79.9 Å². The molecule has 0 spiro atoms. The number of aromatic nitrogens is 3. The average Bonchev–Trinajstić information content (AvgIpc) is 2.87. The van der Waals surface area contributed by atoms with Crippen LogP contribution in [0.2, 0.25) is 5.02 Å². The molecule has 0 aliphatic heterocycles. The number of carbonyl (C=O) groups excluding carboxylic acids is 1. The fourth-order valence-corrected chi connectivity index (χ4v) is 2.57. The highest BCUT2D eigenvalue weighted by Gasteiger charge is 2.16. The zero-order chi connectivity index (χ0) is 14.7. The Bertz CT molecular complexity index is 644. The van der Waals surface area contributed by atoms with Gasteiger partial charge in [0, 0.05) is 11.4 Å². The maximum Gasteiger partial charge on any atom is 0.295 e. The van der Waals surface area contributed by atoms with Gasteiger partial charge < -0.3 is 10.1 Å². The van der Waals surface area contributed by atoms with Gasteiger partial charge in [-0.05, 0) is 28.1 Å². The summed E-state index contributed by atoms with van der Waals surface area (Å²) >= 11 is 9.28. The molecular formula is C12H12BrClN4O2. The number of rotatable bonds is 4. The van der Waals surface area contributed by atoms with E-state index in [1.54, 1.807) is 12.1 Å². The number of hydrogen-bond donors (Lipinski definition) is 2. The monoisotopic (exact) mass is 358 g/mol. The first kappa shape index (κ1) is 14.8. The summed E-state index contributed by atoms with van der Waals surface area (Å²) < 4.78 is 5.87. The fraction of sp³-hybridized carbons (Fsp3) is 0.250. The van der Waals surface area contributed by atoms with Crippen molar-refractivity contribution in [3.63, 3.8) is 0 Å². The highest BCUT2D eigenvalue weighted by atomic mass is 79.9. The van der Waals surface area contributed by atoms with E-state index in [2.05, 4.69) is 36.4 Å². The number of amides is 1. The predicted octanol–water partition coefficient (Wildman–Crippen LogP) is 3.04. The third-order valence-corrected chi connectivity index (χ3v) is 3.34. The molecule has 0 fully saturated rings. The van der Waals surface area contributed by atoms with Crippen LogP contribution >= 0.6 is 27.5 Å². The average molecular weight is 360 g/mol. The number of nitrogens with one attached hydrogen (secondary N) is 2. The normalized spacial score (nSPS) is 10.4. The third kappa shape index (κ3) is 3.10. The molecule has 6 nitrogen and oxygen atoms in total. The van der Waals surface area contributed by atoms with Crippen LogP contribution in [0.3, 0.4) is 0 Å². The van der Waals surface area contributed by atoms with Gasteiger partial charge >= 0.3 is 0 Å². The van der Waals surface area contributed by atoms with Crippen molar-refractivity contribution >= 4 is 39.1 Å². The van der Waals surface area contributed by atoms with Crippen molar-refractivity contribution < 1.29 is 9.53 Å². The molecule has 2 N–H and O–H groups in total. The molecule has 0 saturated carbocycles. The van der Waals surface area contributed by atoms with Crippen LogP contribution in [0.5, 0.6) is 5.75 Å². The van der Waals surface area contributed by atoms with Gasteiger partial charge in [-0.2, -0.15) is 0 Å². The summed E-state index contributed by atoms with van der Waals surface area (Å²) in [5.74, 6) is 0.761. The Kier molecular flexibility index (Phi) is 4.61. The van der Waals surface area contributed by atoms with E-state index in [0.29, 0.717) is 33.2 Å².